The molecule has 9 heavy (non-hydrogen) atoms. The van der Waals surface area contributed by atoms with E-state index in [1.807, 2.05) is 12.3 Å². The molecule has 1 heterocycles. The third-order valence-corrected chi connectivity index (χ3v) is 1.72. The number of thiazole rings is 1. The van der Waals surface area contributed by atoms with Crippen LogP contribution in [0.1, 0.15) is 10.7 Å². The fraction of sp³-hybridized carbons (Fsp3) is 0.400. The summed E-state index contributed by atoms with van der Waals surface area (Å²) in [6.45, 7) is 2.36. The molecule has 4 heteroatoms. The van der Waals surface area contributed by atoms with Gasteiger partial charge in [-0.2, -0.15) is 0 Å². The van der Waals surface area contributed by atoms with Crippen LogP contribution in [-0.2, 0) is 11.4 Å². The minimum Gasteiger partial charge on any atom is -0.298 e. The molecule has 1 rings (SSSR count). The van der Waals surface area contributed by atoms with Crippen LogP contribution in [0.5, 0.6) is 0 Å². The van der Waals surface area contributed by atoms with Gasteiger partial charge in [-0.1, -0.05) is 0 Å². The van der Waals surface area contributed by atoms with E-state index in [-0.39, 0.29) is 0 Å². The molecule has 0 saturated carbocycles. The number of hydrogen-bond acceptors (Lipinski definition) is 4. The third kappa shape index (κ3) is 1.74. The van der Waals surface area contributed by atoms with Crippen LogP contribution in [0, 0.1) is 6.92 Å². The Morgan fingerprint density at radius 1 is 1.89 bits per heavy atom. The monoisotopic (exact) mass is 144 g/mol. The second kappa shape index (κ2) is 2.91. The maximum Gasteiger partial charge on any atom is 0.111 e. The molecule has 0 amide bonds. The molecular formula is C5H8N2OS. The Labute approximate surface area is 57.4 Å². The molecule has 50 valence electrons. The standard InChI is InChI=1S/C5H8N2OS/c1-4-7-5(2-8-6)3-9-4/h3H,2,6H2,1H3. The maximum absolute atomic E-state index is 4.83. The molecule has 0 aliphatic rings. The lowest BCUT2D eigenvalue weighted by atomic mass is 10.5. The summed E-state index contributed by atoms with van der Waals surface area (Å²) in [5.41, 5.74) is 0.903. The van der Waals surface area contributed by atoms with Gasteiger partial charge >= 0.3 is 0 Å². The van der Waals surface area contributed by atoms with Gasteiger partial charge in [0.05, 0.1) is 10.7 Å². The molecule has 0 atom stereocenters. The predicted molar refractivity (Wildman–Crippen MR) is 35.8 cm³/mol. The molecule has 0 saturated heterocycles. The number of nitrogens with two attached hydrogens (primary N) is 1. The first-order chi connectivity index (χ1) is 4.33. The second-order valence-corrected chi connectivity index (χ2v) is 2.73. The first kappa shape index (κ1) is 6.67. The van der Waals surface area contributed by atoms with Crippen molar-refractivity contribution in [3.8, 4) is 0 Å². The lowest BCUT2D eigenvalue weighted by Gasteiger charge is -1.88. The number of rotatable bonds is 2. The van der Waals surface area contributed by atoms with Crippen molar-refractivity contribution in [2.24, 2.45) is 5.90 Å². The Morgan fingerprint density at radius 2 is 2.67 bits per heavy atom. The number of hydrogen-bond donors (Lipinski definition) is 1. The molecule has 1 aromatic heterocycles. The van der Waals surface area contributed by atoms with E-state index in [4.69, 9.17) is 5.90 Å². The second-order valence-electron chi connectivity index (χ2n) is 1.67. The van der Waals surface area contributed by atoms with E-state index < -0.39 is 0 Å². The molecule has 0 aromatic carbocycles. The van der Waals surface area contributed by atoms with Crippen molar-refractivity contribution in [1.82, 2.24) is 4.98 Å². The highest BCUT2D eigenvalue weighted by molar-refractivity contribution is 7.09. The maximum atomic E-state index is 4.83. The molecule has 0 bridgehead atoms. The average molecular weight is 144 g/mol. The van der Waals surface area contributed by atoms with Gasteiger partial charge in [-0.3, -0.25) is 4.84 Å². The quantitative estimate of drug-likeness (QED) is 0.626. The van der Waals surface area contributed by atoms with Crippen LogP contribution in [-0.4, -0.2) is 4.98 Å². The van der Waals surface area contributed by atoms with Crippen LogP contribution in [0.3, 0.4) is 0 Å². The zero-order valence-corrected chi connectivity index (χ0v) is 5.94. The van der Waals surface area contributed by atoms with E-state index in [9.17, 15) is 0 Å². The lowest BCUT2D eigenvalue weighted by Crippen LogP contribution is -1.98. The largest absolute Gasteiger partial charge is 0.298 e. The van der Waals surface area contributed by atoms with Gasteiger partial charge in [-0.05, 0) is 6.92 Å². The highest BCUT2D eigenvalue weighted by Gasteiger charge is 1.94. The van der Waals surface area contributed by atoms with E-state index in [1.165, 1.54) is 0 Å². The van der Waals surface area contributed by atoms with Crippen LogP contribution >= 0.6 is 11.3 Å². The van der Waals surface area contributed by atoms with Crippen LogP contribution in [0.2, 0.25) is 0 Å². The highest BCUT2D eigenvalue weighted by Crippen LogP contribution is 2.07. The molecule has 2 N–H and O–H groups in total. The molecule has 3 nitrogen and oxygen atoms in total. The summed E-state index contributed by atoms with van der Waals surface area (Å²) in [6, 6.07) is 0. The van der Waals surface area contributed by atoms with Crippen LogP contribution in [0.25, 0.3) is 0 Å². The Hall–Kier alpha value is -0.450. The van der Waals surface area contributed by atoms with Crippen molar-refractivity contribution >= 4 is 11.3 Å². The minimum atomic E-state index is 0.407. The molecule has 1 aromatic rings. The summed E-state index contributed by atoms with van der Waals surface area (Å²) in [5, 5.41) is 2.98. The molecule has 0 radical (unpaired) electrons. The number of nitrogens with zero attached hydrogens (tertiary/aromatic N) is 1. The summed E-state index contributed by atoms with van der Waals surface area (Å²) in [7, 11) is 0. The van der Waals surface area contributed by atoms with E-state index >= 15 is 0 Å². The summed E-state index contributed by atoms with van der Waals surface area (Å²) >= 11 is 1.60. The van der Waals surface area contributed by atoms with Crippen LogP contribution < -0.4 is 5.90 Å². The van der Waals surface area contributed by atoms with E-state index in [0.29, 0.717) is 6.61 Å². The molecule has 0 spiro atoms. The average Bonchev–Trinajstić information content (AvgIpc) is 2.17. The van der Waals surface area contributed by atoms with Gasteiger partial charge in [-0.15, -0.1) is 11.3 Å². The molecule has 0 aliphatic carbocycles. The molecule has 0 fully saturated rings. The van der Waals surface area contributed by atoms with Crippen molar-refractivity contribution in [3.05, 3.63) is 16.1 Å². The van der Waals surface area contributed by atoms with E-state index in [0.717, 1.165) is 10.7 Å². The molecule has 0 aliphatic heterocycles. The van der Waals surface area contributed by atoms with Gasteiger partial charge < -0.3 is 0 Å². The van der Waals surface area contributed by atoms with Crippen LogP contribution in [0.15, 0.2) is 5.38 Å². The Kier molecular flexibility index (Phi) is 2.16. The van der Waals surface area contributed by atoms with E-state index in [1.54, 1.807) is 11.3 Å². The lowest BCUT2D eigenvalue weighted by molar-refractivity contribution is 0.121. The van der Waals surface area contributed by atoms with E-state index in [2.05, 4.69) is 9.82 Å². The van der Waals surface area contributed by atoms with Gasteiger partial charge in [-0.25, -0.2) is 10.9 Å². The zero-order valence-electron chi connectivity index (χ0n) is 5.13. The number of aryl methyl sites for hydroxylation is 1. The van der Waals surface area contributed by atoms with Crippen molar-refractivity contribution in [3.63, 3.8) is 0 Å². The zero-order chi connectivity index (χ0) is 6.69. The fourth-order valence-electron chi connectivity index (χ4n) is 0.560. The normalized spacial score (nSPS) is 10.0. The van der Waals surface area contributed by atoms with Gasteiger partial charge in [0.15, 0.2) is 0 Å². The first-order valence-electron chi connectivity index (χ1n) is 2.55. The fourth-order valence-corrected chi connectivity index (χ4v) is 1.16. The van der Waals surface area contributed by atoms with Crippen molar-refractivity contribution < 1.29 is 4.84 Å². The molecular weight excluding hydrogens is 136 g/mol. The Balaban J connectivity index is 2.61. The molecule has 0 unspecified atom stereocenters. The summed E-state index contributed by atoms with van der Waals surface area (Å²) in [5.74, 6) is 4.83. The van der Waals surface area contributed by atoms with Crippen molar-refractivity contribution in [2.45, 2.75) is 13.5 Å². The van der Waals surface area contributed by atoms with Gasteiger partial charge in [0, 0.05) is 5.38 Å². The van der Waals surface area contributed by atoms with Gasteiger partial charge in [0.25, 0.3) is 0 Å². The van der Waals surface area contributed by atoms with Crippen molar-refractivity contribution in [2.75, 3.05) is 0 Å². The van der Waals surface area contributed by atoms with Crippen LogP contribution in [0.4, 0.5) is 0 Å². The number of aromatic nitrogens is 1. The first-order valence-corrected chi connectivity index (χ1v) is 3.43. The summed E-state index contributed by atoms with van der Waals surface area (Å²) < 4.78 is 0. The minimum absolute atomic E-state index is 0.407. The SMILES string of the molecule is Cc1nc(CON)cs1. The highest BCUT2D eigenvalue weighted by atomic mass is 32.1. The summed E-state index contributed by atoms with van der Waals surface area (Å²) in [4.78, 5) is 8.50. The Morgan fingerprint density at radius 3 is 3.11 bits per heavy atom. The summed E-state index contributed by atoms with van der Waals surface area (Å²) in [6.07, 6.45) is 0. The van der Waals surface area contributed by atoms with Gasteiger partial charge in [0.2, 0.25) is 0 Å². The topological polar surface area (TPSA) is 48.1 Å². The third-order valence-electron chi connectivity index (χ3n) is 0.898. The van der Waals surface area contributed by atoms with Crippen molar-refractivity contribution in [1.29, 1.82) is 0 Å². The Bertz CT molecular complexity index is 187. The predicted octanol–water partition coefficient (Wildman–Crippen LogP) is 0.842. The smallest absolute Gasteiger partial charge is 0.111 e. The van der Waals surface area contributed by atoms with Gasteiger partial charge in [0.1, 0.15) is 6.61 Å².